The van der Waals surface area contributed by atoms with Gasteiger partial charge in [-0.05, 0) is 30.5 Å². The lowest BCUT2D eigenvalue weighted by Gasteiger charge is -2.11. The number of ether oxygens (including phenoxy) is 1. The van der Waals surface area contributed by atoms with Crippen LogP contribution < -0.4 is 10.6 Å². The van der Waals surface area contributed by atoms with Crippen LogP contribution in [0.15, 0.2) is 18.2 Å². The zero-order valence-electron chi connectivity index (χ0n) is 12.6. The fourth-order valence-corrected chi connectivity index (χ4v) is 1.61. The molecule has 0 aliphatic carbocycles. The third kappa shape index (κ3) is 6.27. The topological polar surface area (TPSA) is 87.7 Å². The number of aryl methyl sites for hydroxylation is 1. The van der Waals surface area contributed by atoms with Gasteiger partial charge in [0.25, 0.3) is 0 Å². The zero-order valence-corrected chi connectivity index (χ0v) is 12.6. The van der Waals surface area contributed by atoms with Crippen LogP contribution in [0.5, 0.6) is 0 Å². The summed E-state index contributed by atoms with van der Waals surface area (Å²) in [5.41, 5.74) is 1.41. The Hall–Kier alpha value is -2.08. The van der Waals surface area contributed by atoms with Crippen LogP contribution in [0.25, 0.3) is 0 Å². The number of carbonyl (C=O) groups is 2. The molecule has 0 saturated carbocycles. The average molecular weight is 294 g/mol. The number of hydrogen-bond donors (Lipinski definition) is 3. The Kier molecular flexibility index (Phi) is 6.68. The highest BCUT2D eigenvalue weighted by atomic mass is 16.5. The number of carboxylic acid groups (broad SMARTS) is 1. The van der Waals surface area contributed by atoms with Crippen molar-refractivity contribution in [2.24, 2.45) is 5.92 Å². The van der Waals surface area contributed by atoms with E-state index >= 15 is 0 Å². The zero-order chi connectivity index (χ0) is 15.8. The molecule has 6 nitrogen and oxygen atoms in total. The van der Waals surface area contributed by atoms with Gasteiger partial charge >= 0.3 is 12.0 Å². The number of amides is 2. The summed E-state index contributed by atoms with van der Waals surface area (Å²) in [6.45, 7) is 7.41. The van der Waals surface area contributed by atoms with Gasteiger partial charge in [0.15, 0.2) is 0 Å². The molecule has 3 N–H and O–H groups in total. The maximum atomic E-state index is 11.7. The lowest BCUT2D eigenvalue weighted by Crippen LogP contribution is -2.32. The number of nitrogens with one attached hydrogen (secondary N) is 2. The van der Waals surface area contributed by atoms with E-state index in [1.807, 2.05) is 0 Å². The summed E-state index contributed by atoms with van der Waals surface area (Å²) >= 11 is 0. The van der Waals surface area contributed by atoms with Crippen molar-refractivity contribution in [3.8, 4) is 0 Å². The SMILES string of the molecule is Cc1ccc(C(=O)O)cc1NC(=O)NCCOCC(C)C. The summed E-state index contributed by atoms with van der Waals surface area (Å²) in [6, 6.07) is 4.21. The third-order valence-electron chi connectivity index (χ3n) is 2.72. The molecule has 1 rings (SSSR count). The summed E-state index contributed by atoms with van der Waals surface area (Å²) in [5, 5.41) is 14.2. The van der Waals surface area contributed by atoms with Crippen molar-refractivity contribution < 1.29 is 19.4 Å². The molecule has 0 spiro atoms. The van der Waals surface area contributed by atoms with Gasteiger partial charge < -0.3 is 20.5 Å². The van der Waals surface area contributed by atoms with Gasteiger partial charge in [0, 0.05) is 18.8 Å². The predicted molar refractivity (Wildman–Crippen MR) is 80.8 cm³/mol. The van der Waals surface area contributed by atoms with Crippen molar-refractivity contribution in [1.82, 2.24) is 5.32 Å². The molecule has 0 radical (unpaired) electrons. The molecule has 0 aliphatic rings. The number of rotatable bonds is 7. The molecule has 116 valence electrons. The molecule has 0 unspecified atom stereocenters. The minimum absolute atomic E-state index is 0.135. The van der Waals surface area contributed by atoms with Gasteiger partial charge in [0.1, 0.15) is 0 Å². The Labute approximate surface area is 124 Å². The second-order valence-corrected chi connectivity index (χ2v) is 5.18. The normalized spacial score (nSPS) is 10.5. The molecule has 0 atom stereocenters. The van der Waals surface area contributed by atoms with Gasteiger partial charge in [-0.3, -0.25) is 0 Å². The molecule has 0 bridgehead atoms. The first kappa shape index (κ1) is 17.0. The Morgan fingerprint density at radius 2 is 2.05 bits per heavy atom. The minimum atomic E-state index is -1.03. The fourth-order valence-electron chi connectivity index (χ4n) is 1.61. The van der Waals surface area contributed by atoms with E-state index in [4.69, 9.17) is 9.84 Å². The average Bonchev–Trinajstić information content (AvgIpc) is 2.40. The van der Waals surface area contributed by atoms with E-state index in [1.165, 1.54) is 12.1 Å². The molecular formula is C15H22N2O4. The van der Waals surface area contributed by atoms with Crippen molar-refractivity contribution in [3.63, 3.8) is 0 Å². The largest absolute Gasteiger partial charge is 0.478 e. The highest BCUT2D eigenvalue weighted by molar-refractivity contribution is 5.93. The molecule has 1 aromatic carbocycles. The summed E-state index contributed by atoms with van der Waals surface area (Å²) in [6.07, 6.45) is 0. The van der Waals surface area contributed by atoms with E-state index in [0.717, 1.165) is 5.56 Å². The first-order valence-electron chi connectivity index (χ1n) is 6.86. The maximum absolute atomic E-state index is 11.7. The van der Waals surface area contributed by atoms with Crippen molar-refractivity contribution in [2.75, 3.05) is 25.1 Å². The van der Waals surface area contributed by atoms with Gasteiger partial charge in [-0.1, -0.05) is 19.9 Å². The van der Waals surface area contributed by atoms with Gasteiger partial charge in [0.2, 0.25) is 0 Å². The van der Waals surface area contributed by atoms with Crippen LogP contribution in [0.4, 0.5) is 10.5 Å². The van der Waals surface area contributed by atoms with E-state index < -0.39 is 5.97 Å². The van der Waals surface area contributed by atoms with Crippen molar-refractivity contribution >= 4 is 17.7 Å². The Bertz CT molecular complexity index is 500. The van der Waals surface area contributed by atoms with Crippen LogP contribution in [0.2, 0.25) is 0 Å². The number of urea groups is 1. The number of carboxylic acids is 1. The van der Waals surface area contributed by atoms with E-state index in [2.05, 4.69) is 24.5 Å². The van der Waals surface area contributed by atoms with Gasteiger partial charge in [-0.25, -0.2) is 9.59 Å². The quantitative estimate of drug-likeness (QED) is 0.674. The summed E-state index contributed by atoms with van der Waals surface area (Å²) in [7, 11) is 0. The minimum Gasteiger partial charge on any atom is -0.478 e. The maximum Gasteiger partial charge on any atom is 0.335 e. The Morgan fingerprint density at radius 3 is 2.67 bits per heavy atom. The van der Waals surface area contributed by atoms with Crippen molar-refractivity contribution in [2.45, 2.75) is 20.8 Å². The van der Waals surface area contributed by atoms with Gasteiger partial charge in [-0.2, -0.15) is 0 Å². The molecule has 0 aromatic heterocycles. The van der Waals surface area contributed by atoms with Crippen LogP contribution in [-0.4, -0.2) is 36.9 Å². The number of benzene rings is 1. The molecular weight excluding hydrogens is 272 g/mol. The molecule has 0 saturated heterocycles. The number of carbonyl (C=O) groups excluding carboxylic acids is 1. The molecule has 2 amide bonds. The monoisotopic (exact) mass is 294 g/mol. The lowest BCUT2D eigenvalue weighted by molar-refractivity contribution is 0.0697. The molecule has 0 fully saturated rings. The Morgan fingerprint density at radius 1 is 1.33 bits per heavy atom. The number of hydrogen-bond acceptors (Lipinski definition) is 3. The smallest absolute Gasteiger partial charge is 0.335 e. The Balaban J connectivity index is 2.44. The van der Waals surface area contributed by atoms with E-state index in [0.29, 0.717) is 31.4 Å². The summed E-state index contributed by atoms with van der Waals surface area (Å²) in [5.74, 6) is -0.569. The fraction of sp³-hybridized carbons (Fsp3) is 0.467. The first-order chi connectivity index (χ1) is 9.90. The van der Waals surface area contributed by atoms with Crippen LogP contribution >= 0.6 is 0 Å². The van der Waals surface area contributed by atoms with Crippen LogP contribution in [0, 0.1) is 12.8 Å². The second kappa shape index (κ2) is 8.26. The molecule has 6 heteroatoms. The van der Waals surface area contributed by atoms with Crippen molar-refractivity contribution in [1.29, 1.82) is 0 Å². The summed E-state index contributed by atoms with van der Waals surface area (Å²) in [4.78, 5) is 22.6. The molecule has 1 aromatic rings. The highest BCUT2D eigenvalue weighted by Crippen LogP contribution is 2.16. The number of anilines is 1. The number of aromatic carboxylic acids is 1. The molecule has 0 heterocycles. The molecule has 0 aliphatic heterocycles. The van der Waals surface area contributed by atoms with E-state index in [9.17, 15) is 9.59 Å². The van der Waals surface area contributed by atoms with Crippen molar-refractivity contribution in [3.05, 3.63) is 29.3 Å². The van der Waals surface area contributed by atoms with E-state index in [1.54, 1.807) is 13.0 Å². The predicted octanol–water partition coefficient (Wildman–Crippen LogP) is 2.49. The van der Waals surface area contributed by atoms with Gasteiger partial charge in [0.05, 0.1) is 12.2 Å². The summed E-state index contributed by atoms with van der Waals surface area (Å²) < 4.78 is 5.35. The first-order valence-corrected chi connectivity index (χ1v) is 6.86. The van der Waals surface area contributed by atoms with Gasteiger partial charge in [-0.15, -0.1) is 0 Å². The third-order valence-corrected chi connectivity index (χ3v) is 2.72. The standard InChI is InChI=1S/C15H22N2O4/c1-10(2)9-21-7-6-16-15(20)17-13-8-12(14(18)19)5-4-11(13)3/h4-5,8,10H,6-7,9H2,1-3H3,(H,18,19)(H2,16,17,20). The lowest BCUT2D eigenvalue weighted by atomic mass is 10.1. The van der Waals surface area contributed by atoms with Crippen LogP contribution in [0.3, 0.4) is 0 Å². The van der Waals surface area contributed by atoms with E-state index in [-0.39, 0.29) is 11.6 Å². The second-order valence-electron chi connectivity index (χ2n) is 5.18. The highest BCUT2D eigenvalue weighted by Gasteiger charge is 2.08. The van der Waals surface area contributed by atoms with Crippen LogP contribution in [-0.2, 0) is 4.74 Å². The molecule has 21 heavy (non-hydrogen) atoms. The van der Waals surface area contributed by atoms with Crippen LogP contribution in [0.1, 0.15) is 29.8 Å².